The highest BCUT2D eigenvalue weighted by Gasteiger charge is 2.29. The Labute approximate surface area is 178 Å². The molecule has 158 valence electrons. The van der Waals surface area contributed by atoms with Crippen molar-refractivity contribution in [3.8, 4) is 17.6 Å². The highest BCUT2D eigenvalue weighted by atomic mass is 16.5. The third kappa shape index (κ3) is 4.42. The maximum absolute atomic E-state index is 12.8. The number of nitrogens with zero attached hydrogens (tertiary/aromatic N) is 2. The fourth-order valence-corrected chi connectivity index (χ4v) is 4.08. The number of ether oxygens (including phenoxy) is 2. The van der Waals surface area contributed by atoms with Crippen LogP contribution in [0.25, 0.3) is 0 Å². The molecule has 1 fully saturated rings. The van der Waals surface area contributed by atoms with Crippen molar-refractivity contribution in [2.75, 3.05) is 27.3 Å². The van der Waals surface area contributed by atoms with Crippen molar-refractivity contribution in [3.05, 3.63) is 58.1 Å². The van der Waals surface area contributed by atoms with Gasteiger partial charge in [-0.1, -0.05) is 6.07 Å². The Morgan fingerprint density at radius 2 is 1.83 bits per heavy atom. The molecule has 1 heterocycles. The molecular weight excluding hydrogens is 378 g/mol. The molecule has 1 unspecified atom stereocenters. The molecule has 1 N–H and O–H groups in total. The first-order chi connectivity index (χ1) is 14.4. The molecule has 1 amide bonds. The number of nitriles is 1. The molecule has 0 spiro atoms. The largest absolute Gasteiger partial charge is 0.497 e. The first kappa shape index (κ1) is 21.7. The Kier molecular flexibility index (Phi) is 6.63. The summed E-state index contributed by atoms with van der Waals surface area (Å²) in [5, 5.41) is 12.4. The molecule has 1 saturated heterocycles. The van der Waals surface area contributed by atoms with E-state index in [0.717, 1.165) is 36.2 Å². The van der Waals surface area contributed by atoms with Crippen LogP contribution in [0.4, 0.5) is 0 Å². The van der Waals surface area contributed by atoms with Crippen LogP contribution in [0.15, 0.2) is 30.3 Å². The summed E-state index contributed by atoms with van der Waals surface area (Å²) in [5.41, 5.74) is 4.69. The maximum Gasteiger partial charge on any atom is 0.251 e. The minimum Gasteiger partial charge on any atom is -0.497 e. The Morgan fingerprint density at radius 1 is 1.17 bits per heavy atom. The van der Waals surface area contributed by atoms with Crippen LogP contribution >= 0.6 is 0 Å². The van der Waals surface area contributed by atoms with E-state index in [1.807, 2.05) is 13.0 Å². The second kappa shape index (κ2) is 9.19. The second-order valence-corrected chi connectivity index (χ2v) is 7.80. The molecule has 1 aliphatic heterocycles. The number of nitrogens with one attached hydrogen (secondary N) is 1. The molecule has 0 saturated carbocycles. The second-order valence-electron chi connectivity index (χ2n) is 7.80. The van der Waals surface area contributed by atoms with E-state index in [1.165, 1.54) is 5.56 Å². The first-order valence-electron chi connectivity index (χ1n) is 10.2. The minimum absolute atomic E-state index is 0.0805. The molecule has 6 heteroatoms. The number of hydrogen-bond donors (Lipinski definition) is 1. The minimum atomic E-state index is -0.128. The normalized spacial score (nSPS) is 17.3. The molecule has 0 aromatic heterocycles. The quantitative estimate of drug-likeness (QED) is 0.789. The van der Waals surface area contributed by atoms with E-state index in [4.69, 9.17) is 9.47 Å². The van der Waals surface area contributed by atoms with E-state index in [9.17, 15) is 10.1 Å². The Bertz CT molecular complexity index is 958. The van der Waals surface area contributed by atoms with Crippen LogP contribution in [0.1, 0.15) is 52.0 Å². The van der Waals surface area contributed by atoms with Crippen molar-refractivity contribution in [2.45, 2.75) is 39.3 Å². The van der Waals surface area contributed by atoms with Gasteiger partial charge in [-0.15, -0.1) is 0 Å². The van der Waals surface area contributed by atoms with Gasteiger partial charge >= 0.3 is 0 Å². The highest BCUT2D eigenvalue weighted by Crippen LogP contribution is 2.30. The number of rotatable bonds is 6. The number of methoxy groups -OCH3 is 2. The van der Waals surface area contributed by atoms with Crippen molar-refractivity contribution < 1.29 is 14.3 Å². The van der Waals surface area contributed by atoms with E-state index in [-0.39, 0.29) is 18.0 Å². The third-order valence-corrected chi connectivity index (χ3v) is 6.12. The van der Waals surface area contributed by atoms with Crippen molar-refractivity contribution in [3.63, 3.8) is 0 Å². The lowest BCUT2D eigenvalue weighted by Gasteiger charge is -2.27. The molecule has 0 radical (unpaired) electrons. The molecule has 2 aromatic carbocycles. The Balaban J connectivity index is 1.68. The van der Waals surface area contributed by atoms with Gasteiger partial charge in [0.05, 0.1) is 25.9 Å². The molecule has 2 aromatic rings. The summed E-state index contributed by atoms with van der Waals surface area (Å²) < 4.78 is 10.5. The zero-order valence-electron chi connectivity index (χ0n) is 18.3. The molecule has 2 atom stereocenters. The SMILES string of the molecule is COc1cc(OC)cc(C(=O)N[C@@H]2CCN(C(C)c3ccc(C#N)c(C)c3C)C2)c1. The standard InChI is InChI=1S/C24H29N3O3/c1-15-16(2)23(7-6-18(15)13-25)17(3)27-9-8-20(14-27)26-24(28)19-10-21(29-4)12-22(11-19)30-5/h6-7,10-12,17,20H,8-9,14H2,1-5H3,(H,26,28)/t17?,20-/m1/s1. The molecule has 6 nitrogen and oxygen atoms in total. The lowest BCUT2D eigenvalue weighted by molar-refractivity contribution is 0.0935. The number of amides is 1. The van der Waals surface area contributed by atoms with E-state index < -0.39 is 0 Å². The van der Waals surface area contributed by atoms with Crippen LogP contribution in [0.2, 0.25) is 0 Å². The summed E-state index contributed by atoms with van der Waals surface area (Å²) in [7, 11) is 3.14. The molecular formula is C24H29N3O3. The fraction of sp³-hybridized carbons (Fsp3) is 0.417. The number of likely N-dealkylation sites (tertiary alicyclic amines) is 1. The monoisotopic (exact) mass is 407 g/mol. The average Bonchev–Trinajstić information content (AvgIpc) is 3.23. The Hall–Kier alpha value is -3.04. The van der Waals surface area contributed by atoms with E-state index in [1.54, 1.807) is 32.4 Å². The molecule has 3 rings (SSSR count). The van der Waals surface area contributed by atoms with Gasteiger partial charge in [0.15, 0.2) is 0 Å². The summed E-state index contributed by atoms with van der Waals surface area (Å²) >= 11 is 0. The number of carbonyl (C=O) groups is 1. The predicted molar refractivity (Wildman–Crippen MR) is 116 cm³/mol. The summed E-state index contributed by atoms with van der Waals surface area (Å²) in [4.78, 5) is 15.2. The van der Waals surface area contributed by atoms with Crippen LogP contribution in [0, 0.1) is 25.2 Å². The zero-order valence-corrected chi connectivity index (χ0v) is 18.3. The van der Waals surface area contributed by atoms with Crippen molar-refractivity contribution in [1.82, 2.24) is 10.2 Å². The number of benzene rings is 2. The highest BCUT2D eigenvalue weighted by molar-refractivity contribution is 5.95. The van der Waals surface area contributed by atoms with Gasteiger partial charge in [0.2, 0.25) is 0 Å². The van der Waals surface area contributed by atoms with Gasteiger partial charge in [0.1, 0.15) is 11.5 Å². The van der Waals surface area contributed by atoms with E-state index >= 15 is 0 Å². The Morgan fingerprint density at radius 3 is 2.43 bits per heavy atom. The van der Waals surface area contributed by atoms with Crippen LogP contribution in [-0.4, -0.2) is 44.2 Å². The van der Waals surface area contributed by atoms with Gasteiger partial charge in [0, 0.05) is 36.8 Å². The lowest BCUT2D eigenvalue weighted by atomic mass is 9.94. The summed E-state index contributed by atoms with van der Waals surface area (Å²) in [6, 6.07) is 11.7. The van der Waals surface area contributed by atoms with Gasteiger partial charge in [-0.25, -0.2) is 0 Å². The summed E-state index contributed by atoms with van der Waals surface area (Å²) in [6.45, 7) is 7.95. The number of hydrogen-bond acceptors (Lipinski definition) is 5. The molecule has 1 aliphatic rings. The van der Waals surface area contributed by atoms with E-state index in [2.05, 4.69) is 36.2 Å². The van der Waals surface area contributed by atoms with Gasteiger partial charge in [-0.05, 0) is 62.1 Å². The van der Waals surface area contributed by atoms with Crippen LogP contribution in [-0.2, 0) is 0 Å². The molecule has 30 heavy (non-hydrogen) atoms. The van der Waals surface area contributed by atoms with Gasteiger partial charge in [0.25, 0.3) is 5.91 Å². The van der Waals surface area contributed by atoms with Crippen molar-refractivity contribution >= 4 is 5.91 Å². The predicted octanol–water partition coefficient (Wildman–Crippen LogP) is 3.76. The van der Waals surface area contributed by atoms with Gasteiger partial charge < -0.3 is 14.8 Å². The summed E-state index contributed by atoms with van der Waals surface area (Å²) in [6.07, 6.45) is 0.894. The van der Waals surface area contributed by atoms with Crippen LogP contribution < -0.4 is 14.8 Å². The lowest BCUT2D eigenvalue weighted by Crippen LogP contribution is -2.37. The third-order valence-electron chi connectivity index (χ3n) is 6.12. The van der Waals surface area contributed by atoms with Gasteiger partial charge in [-0.3, -0.25) is 9.69 Å². The van der Waals surface area contributed by atoms with Crippen molar-refractivity contribution in [2.24, 2.45) is 0 Å². The zero-order chi connectivity index (χ0) is 21.8. The van der Waals surface area contributed by atoms with E-state index in [0.29, 0.717) is 17.1 Å². The summed E-state index contributed by atoms with van der Waals surface area (Å²) in [5.74, 6) is 1.05. The van der Waals surface area contributed by atoms with Crippen LogP contribution in [0.3, 0.4) is 0 Å². The maximum atomic E-state index is 12.8. The van der Waals surface area contributed by atoms with Gasteiger partial charge in [-0.2, -0.15) is 5.26 Å². The molecule has 0 bridgehead atoms. The fourth-order valence-electron chi connectivity index (χ4n) is 4.08. The average molecular weight is 408 g/mol. The van der Waals surface area contributed by atoms with Crippen molar-refractivity contribution in [1.29, 1.82) is 5.26 Å². The first-order valence-corrected chi connectivity index (χ1v) is 10.2. The number of carbonyl (C=O) groups excluding carboxylic acids is 1. The topological polar surface area (TPSA) is 74.6 Å². The molecule has 0 aliphatic carbocycles. The van der Waals surface area contributed by atoms with Crippen LogP contribution in [0.5, 0.6) is 11.5 Å². The smallest absolute Gasteiger partial charge is 0.251 e.